The molecular weight excluding hydrogens is 507 g/mol. The Morgan fingerprint density at radius 3 is 2.06 bits per heavy atom. The monoisotopic (exact) mass is 545 g/mol. The molecule has 192 valence electrons. The summed E-state index contributed by atoms with van der Waals surface area (Å²) in [7, 11) is 0. The van der Waals surface area contributed by atoms with Gasteiger partial charge < -0.3 is 9.30 Å². The number of alkyl halides is 3. The molecule has 4 nitrogen and oxygen atoms in total. The fraction of sp³-hybridized carbons (Fsp3) is 0.692. The minimum absolute atomic E-state index is 0.245. The normalized spacial score (nSPS) is 12.4. The Labute approximate surface area is 210 Å². The molecule has 2 rings (SSSR count). The molecule has 8 heteroatoms. The van der Waals surface area contributed by atoms with Crippen LogP contribution in [0.1, 0.15) is 90.7 Å². The van der Waals surface area contributed by atoms with Gasteiger partial charge in [0, 0.05) is 31.1 Å². The molecule has 0 aromatic carbocycles. The zero-order valence-corrected chi connectivity index (χ0v) is 22.3. The minimum Gasteiger partial charge on any atom is -0.380 e. The van der Waals surface area contributed by atoms with Gasteiger partial charge in [-0.3, -0.25) is 0 Å². The van der Waals surface area contributed by atoms with Gasteiger partial charge in [0.15, 0.2) is 5.69 Å². The first-order valence-corrected chi connectivity index (χ1v) is 13.2. The van der Waals surface area contributed by atoms with E-state index in [0.717, 1.165) is 19.0 Å². The molecule has 0 amide bonds. The molecule has 0 saturated heterocycles. The van der Waals surface area contributed by atoms with Gasteiger partial charge in [0.1, 0.15) is 10.4 Å². The van der Waals surface area contributed by atoms with Gasteiger partial charge in [0.25, 0.3) is 0 Å². The Kier molecular flexibility index (Phi) is 12.1. The van der Waals surface area contributed by atoms with Crippen LogP contribution in [0.5, 0.6) is 0 Å². The molecule has 2 aromatic heterocycles. The zero-order valence-electron chi connectivity index (χ0n) is 20.8. The average Bonchev–Trinajstić information content (AvgIpc) is 3.18. The van der Waals surface area contributed by atoms with E-state index in [1.165, 1.54) is 62.1 Å². The molecule has 2 heterocycles. The van der Waals surface area contributed by atoms with E-state index >= 15 is 0 Å². The second kappa shape index (κ2) is 14.2. The number of rotatable bonds is 15. The van der Waals surface area contributed by atoms with Gasteiger partial charge in [-0.1, -0.05) is 72.1 Å². The van der Waals surface area contributed by atoms with Crippen LogP contribution >= 0.6 is 15.9 Å². The maximum atomic E-state index is 13.2. The molecule has 0 N–H and O–H groups in total. The molecule has 0 saturated carbocycles. The van der Waals surface area contributed by atoms with Crippen LogP contribution in [0, 0.1) is 5.41 Å². The number of unbranched alkanes of at least 4 members (excludes halogenated alkanes) is 8. The Morgan fingerprint density at radius 2 is 1.50 bits per heavy atom. The summed E-state index contributed by atoms with van der Waals surface area (Å²) in [5.41, 5.74) is 0.0825. The Bertz CT molecular complexity index is 829. The van der Waals surface area contributed by atoms with Gasteiger partial charge in [0.2, 0.25) is 0 Å². The molecule has 2 aromatic rings. The van der Waals surface area contributed by atoms with Crippen LogP contribution in [0.3, 0.4) is 0 Å². The maximum absolute atomic E-state index is 13.2. The van der Waals surface area contributed by atoms with E-state index in [1.807, 2.05) is 0 Å². The van der Waals surface area contributed by atoms with E-state index in [9.17, 15) is 13.2 Å². The van der Waals surface area contributed by atoms with Crippen molar-refractivity contribution in [2.24, 2.45) is 5.41 Å². The first-order chi connectivity index (χ1) is 16.1. The van der Waals surface area contributed by atoms with Crippen molar-refractivity contribution >= 4 is 15.9 Å². The van der Waals surface area contributed by atoms with E-state index in [0.29, 0.717) is 35.3 Å². The highest BCUT2D eigenvalue weighted by molar-refractivity contribution is 9.10. The van der Waals surface area contributed by atoms with Crippen LogP contribution < -0.4 is 0 Å². The van der Waals surface area contributed by atoms with Gasteiger partial charge in [-0.2, -0.15) is 13.2 Å². The summed E-state index contributed by atoms with van der Waals surface area (Å²) >= 11 is 3.24. The summed E-state index contributed by atoms with van der Waals surface area (Å²) in [6.07, 6.45) is 10.6. The largest absolute Gasteiger partial charge is 0.434 e. The number of ether oxygens (including phenoxy) is 1. The van der Waals surface area contributed by atoms with Gasteiger partial charge >= 0.3 is 6.18 Å². The molecule has 0 aliphatic heterocycles. The molecule has 0 fully saturated rings. The molecule has 0 radical (unpaired) electrons. The van der Waals surface area contributed by atoms with Crippen molar-refractivity contribution in [3.63, 3.8) is 0 Å². The summed E-state index contributed by atoms with van der Waals surface area (Å²) < 4.78 is 47.3. The highest BCUT2D eigenvalue weighted by atomic mass is 79.9. The van der Waals surface area contributed by atoms with Gasteiger partial charge in [0.05, 0.1) is 6.61 Å². The van der Waals surface area contributed by atoms with E-state index in [-0.39, 0.29) is 5.82 Å². The van der Waals surface area contributed by atoms with Crippen LogP contribution in [0.2, 0.25) is 0 Å². The third kappa shape index (κ3) is 11.3. The fourth-order valence-corrected chi connectivity index (χ4v) is 4.06. The number of imidazole rings is 1. The van der Waals surface area contributed by atoms with Gasteiger partial charge in [-0.25, -0.2) is 9.97 Å². The van der Waals surface area contributed by atoms with Crippen molar-refractivity contribution in [1.29, 1.82) is 0 Å². The van der Waals surface area contributed by atoms with Crippen molar-refractivity contribution in [2.75, 3.05) is 13.2 Å². The first-order valence-electron chi connectivity index (χ1n) is 12.4. The summed E-state index contributed by atoms with van der Waals surface area (Å²) in [4.78, 5) is 7.90. The van der Waals surface area contributed by atoms with Crippen molar-refractivity contribution in [2.45, 2.75) is 97.7 Å². The van der Waals surface area contributed by atoms with E-state index in [1.54, 1.807) is 12.1 Å². The summed E-state index contributed by atoms with van der Waals surface area (Å²) in [6, 6.07) is 3.38. The Morgan fingerprint density at radius 1 is 0.882 bits per heavy atom. The first kappa shape index (κ1) is 28.8. The number of pyridine rings is 1. The highest BCUT2D eigenvalue weighted by Gasteiger charge is 2.35. The molecule has 34 heavy (non-hydrogen) atoms. The predicted octanol–water partition coefficient (Wildman–Crippen LogP) is 8.69. The lowest BCUT2D eigenvalue weighted by Crippen LogP contribution is -2.08. The lowest BCUT2D eigenvalue weighted by molar-refractivity contribution is -0.140. The maximum Gasteiger partial charge on any atom is 0.434 e. The number of aromatic nitrogens is 3. The number of hydrogen-bond donors (Lipinski definition) is 0. The van der Waals surface area contributed by atoms with Crippen LogP contribution in [-0.2, 0) is 17.5 Å². The molecule has 0 bridgehead atoms. The topological polar surface area (TPSA) is 39.9 Å². The third-order valence-electron chi connectivity index (χ3n) is 5.74. The molecule has 0 aliphatic rings. The van der Waals surface area contributed by atoms with Crippen LogP contribution in [-0.4, -0.2) is 27.7 Å². The fourth-order valence-electron chi connectivity index (χ4n) is 3.82. The summed E-state index contributed by atoms with van der Waals surface area (Å²) in [5, 5.41) is 0. The smallest absolute Gasteiger partial charge is 0.380 e. The van der Waals surface area contributed by atoms with E-state index < -0.39 is 11.9 Å². The lowest BCUT2D eigenvalue weighted by atomic mass is 9.89. The average molecular weight is 547 g/mol. The molecular formula is C26H39BrF3N3O. The van der Waals surface area contributed by atoms with Crippen molar-refractivity contribution in [3.8, 4) is 11.4 Å². The number of hydrogen-bond acceptors (Lipinski definition) is 3. The van der Waals surface area contributed by atoms with Crippen LogP contribution in [0.4, 0.5) is 13.2 Å². The third-order valence-corrected chi connectivity index (χ3v) is 6.21. The Balaban J connectivity index is 1.60. The van der Waals surface area contributed by atoms with Crippen molar-refractivity contribution < 1.29 is 17.9 Å². The lowest BCUT2D eigenvalue weighted by Gasteiger charge is -2.17. The SMILES string of the molecule is CC(C)(C)CCCCCCCCCCCOCCn1cc(C(F)(F)F)nc1-c1ccc(Br)nc1. The van der Waals surface area contributed by atoms with E-state index in [2.05, 4.69) is 46.7 Å². The van der Waals surface area contributed by atoms with Gasteiger partial charge in [-0.05, 0) is 46.3 Å². The standard InChI is InChI=1S/C26H39BrF3N3O/c1-25(2,3)15-11-9-7-5-4-6-8-10-12-17-34-18-16-33-20-22(26(28,29)30)32-24(33)21-13-14-23(27)31-19-21/h13-14,19-20H,4-12,15-18H2,1-3H3. The van der Waals surface area contributed by atoms with Gasteiger partial charge in [-0.15, -0.1) is 0 Å². The minimum atomic E-state index is -4.49. The van der Waals surface area contributed by atoms with Crippen molar-refractivity contribution in [1.82, 2.24) is 14.5 Å². The second-order valence-corrected chi connectivity index (χ2v) is 10.9. The Hall–Kier alpha value is -1.41. The second-order valence-electron chi connectivity index (χ2n) is 10.1. The highest BCUT2D eigenvalue weighted by Crippen LogP contribution is 2.31. The number of nitrogens with zero attached hydrogens (tertiary/aromatic N) is 3. The zero-order chi connectivity index (χ0) is 25.0. The van der Waals surface area contributed by atoms with Crippen molar-refractivity contribution in [3.05, 3.63) is 34.8 Å². The molecule has 0 aliphatic carbocycles. The molecule has 0 unspecified atom stereocenters. The van der Waals surface area contributed by atoms with Crippen LogP contribution in [0.25, 0.3) is 11.4 Å². The molecule has 0 spiro atoms. The quantitative estimate of drug-likeness (QED) is 0.166. The number of halogens is 4. The van der Waals surface area contributed by atoms with Crippen LogP contribution in [0.15, 0.2) is 29.1 Å². The summed E-state index contributed by atoms with van der Waals surface area (Å²) in [5.74, 6) is 0.245. The summed E-state index contributed by atoms with van der Waals surface area (Å²) in [6.45, 7) is 8.19. The predicted molar refractivity (Wildman–Crippen MR) is 135 cm³/mol. The molecule has 0 atom stereocenters. The van der Waals surface area contributed by atoms with E-state index in [4.69, 9.17) is 4.74 Å².